The topological polar surface area (TPSA) is 77.2 Å². The molecule has 0 saturated carbocycles. The number of carbonyl (C=O) groups excluding carboxylic acids is 1. The summed E-state index contributed by atoms with van der Waals surface area (Å²) in [5.74, 6) is 1.10. The summed E-state index contributed by atoms with van der Waals surface area (Å²) in [6.07, 6.45) is 1.85. The van der Waals surface area contributed by atoms with E-state index in [4.69, 9.17) is 10.5 Å². The molecule has 2 rings (SSSR count). The number of hydrogen-bond donors (Lipinski definition) is 2. The average molecular weight is 285 g/mol. The molecule has 0 atom stereocenters. The van der Waals surface area contributed by atoms with Gasteiger partial charge in [0.05, 0.1) is 11.9 Å². The Kier molecular flexibility index (Phi) is 4.90. The predicted octanol–water partition coefficient (Wildman–Crippen LogP) is 2.78. The highest BCUT2D eigenvalue weighted by molar-refractivity contribution is 5.90. The third-order valence-corrected chi connectivity index (χ3v) is 3.09. The molecule has 110 valence electrons. The third kappa shape index (κ3) is 4.29. The number of rotatable bonds is 5. The summed E-state index contributed by atoms with van der Waals surface area (Å²) in [7, 11) is 0. The molecule has 5 nitrogen and oxygen atoms in total. The summed E-state index contributed by atoms with van der Waals surface area (Å²) >= 11 is 0. The first-order valence-electron chi connectivity index (χ1n) is 6.79. The molecule has 3 N–H and O–H groups in total. The van der Waals surface area contributed by atoms with Gasteiger partial charge >= 0.3 is 0 Å². The molecule has 0 radical (unpaired) electrons. The van der Waals surface area contributed by atoms with E-state index in [-0.39, 0.29) is 5.91 Å². The van der Waals surface area contributed by atoms with Crippen LogP contribution in [0.2, 0.25) is 0 Å². The molecular formula is C16H19N3O2. The van der Waals surface area contributed by atoms with Crippen LogP contribution in [0.3, 0.4) is 0 Å². The normalized spacial score (nSPS) is 10.2. The van der Waals surface area contributed by atoms with Gasteiger partial charge in [-0.15, -0.1) is 0 Å². The van der Waals surface area contributed by atoms with Crippen molar-refractivity contribution in [2.75, 3.05) is 11.9 Å². The molecular weight excluding hydrogens is 266 g/mol. The Morgan fingerprint density at radius 1 is 1.24 bits per heavy atom. The number of hydrogen-bond acceptors (Lipinski definition) is 4. The molecule has 21 heavy (non-hydrogen) atoms. The zero-order valence-corrected chi connectivity index (χ0v) is 12.2. The van der Waals surface area contributed by atoms with Crippen molar-refractivity contribution in [2.45, 2.75) is 20.3 Å². The number of benzene rings is 1. The summed E-state index contributed by atoms with van der Waals surface area (Å²) in [6.45, 7) is 4.41. The molecule has 0 spiro atoms. The summed E-state index contributed by atoms with van der Waals surface area (Å²) in [4.78, 5) is 15.6. The van der Waals surface area contributed by atoms with Gasteiger partial charge in [-0.1, -0.05) is 6.07 Å². The predicted molar refractivity (Wildman–Crippen MR) is 82.5 cm³/mol. The highest BCUT2D eigenvalue weighted by Crippen LogP contribution is 2.22. The lowest BCUT2D eigenvalue weighted by Gasteiger charge is -2.08. The molecule has 1 heterocycles. The molecule has 0 bridgehead atoms. The van der Waals surface area contributed by atoms with Crippen molar-refractivity contribution in [1.29, 1.82) is 0 Å². The molecule has 0 fully saturated rings. The van der Waals surface area contributed by atoms with Crippen LogP contribution in [0.25, 0.3) is 0 Å². The number of nitrogens with two attached hydrogens (primary N) is 1. The molecule has 0 aliphatic carbocycles. The van der Waals surface area contributed by atoms with E-state index in [1.807, 2.05) is 25.1 Å². The standard InChI is InChI=1S/C16H19N3O2/c1-11-3-5-14(9-12(11)2)21-16-6-4-13(10-18-16)19-15(20)7-8-17/h3-6,9-10H,7-8,17H2,1-2H3,(H,19,20). The number of nitrogens with one attached hydrogen (secondary N) is 1. The monoisotopic (exact) mass is 285 g/mol. The van der Waals surface area contributed by atoms with Crippen LogP contribution in [0, 0.1) is 13.8 Å². The van der Waals surface area contributed by atoms with E-state index < -0.39 is 0 Å². The fraction of sp³-hybridized carbons (Fsp3) is 0.250. The zero-order chi connectivity index (χ0) is 15.2. The lowest BCUT2D eigenvalue weighted by Crippen LogP contribution is -2.16. The maximum absolute atomic E-state index is 11.4. The number of ether oxygens (including phenoxy) is 1. The SMILES string of the molecule is Cc1ccc(Oc2ccc(NC(=O)CCN)cn2)cc1C. The van der Waals surface area contributed by atoms with Gasteiger partial charge in [-0.2, -0.15) is 0 Å². The van der Waals surface area contributed by atoms with Crippen LogP contribution in [-0.4, -0.2) is 17.4 Å². The molecule has 1 amide bonds. The van der Waals surface area contributed by atoms with Crippen molar-refractivity contribution in [1.82, 2.24) is 4.98 Å². The van der Waals surface area contributed by atoms with Crippen molar-refractivity contribution < 1.29 is 9.53 Å². The largest absolute Gasteiger partial charge is 0.439 e. The minimum Gasteiger partial charge on any atom is -0.439 e. The Hall–Kier alpha value is -2.40. The van der Waals surface area contributed by atoms with E-state index in [1.165, 1.54) is 5.56 Å². The van der Waals surface area contributed by atoms with Crippen molar-refractivity contribution in [3.63, 3.8) is 0 Å². The minimum atomic E-state index is -0.123. The van der Waals surface area contributed by atoms with E-state index in [9.17, 15) is 4.79 Å². The molecule has 0 unspecified atom stereocenters. The van der Waals surface area contributed by atoms with Gasteiger partial charge in [0.1, 0.15) is 5.75 Å². The number of amides is 1. The van der Waals surface area contributed by atoms with Gasteiger partial charge in [0.2, 0.25) is 11.8 Å². The van der Waals surface area contributed by atoms with Gasteiger partial charge < -0.3 is 15.8 Å². The van der Waals surface area contributed by atoms with Gasteiger partial charge in [-0.3, -0.25) is 4.79 Å². The second-order valence-electron chi connectivity index (χ2n) is 4.82. The number of aromatic nitrogens is 1. The Bertz CT molecular complexity index is 624. The molecule has 1 aromatic carbocycles. The minimum absolute atomic E-state index is 0.123. The first kappa shape index (κ1) is 15.0. The molecule has 5 heteroatoms. The van der Waals surface area contributed by atoms with Crippen LogP contribution >= 0.6 is 0 Å². The van der Waals surface area contributed by atoms with E-state index in [1.54, 1.807) is 18.3 Å². The van der Waals surface area contributed by atoms with Crippen LogP contribution in [0.1, 0.15) is 17.5 Å². The zero-order valence-electron chi connectivity index (χ0n) is 12.2. The Morgan fingerprint density at radius 3 is 2.67 bits per heavy atom. The van der Waals surface area contributed by atoms with E-state index >= 15 is 0 Å². The smallest absolute Gasteiger partial charge is 0.225 e. The summed E-state index contributed by atoms with van der Waals surface area (Å²) in [6, 6.07) is 9.34. The van der Waals surface area contributed by atoms with Crippen molar-refractivity contribution in [3.8, 4) is 11.6 Å². The van der Waals surface area contributed by atoms with Crippen LogP contribution in [-0.2, 0) is 4.79 Å². The van der Waals surface area contributed by atoms with Gasteiger partial charge in [-0.05, 0) is 43.2 Å². The number of carbonyl (C=O) groups is 1. The van der Waals surface area contributed by atoms with E-state index in [2.05, 4.69) is 17.2 Å². The van der Waals surface area contributed by atoms with Crippen LogP contribution in [0.4, 0.5) is 5.69 Å². The van der Waals surface area contributed by atoms with Crippen molar-refractivity contribution in [3.05, 3.63) is 47.7 Å². The highest BCUT2D eigenvalue weighted by Gasteiger charge is 2.03. The van der Waals surface area contributed by atoms with Gasteiger partial charge in [0.25, 0.3) is 0 Å². The second kappa shape index (κ2) is 6.85. The molecule has 0 saturated heterocycles. The summed E-state index contributed by atoms with van der Waals surface area (Å²) in [5.41, 5.74) is 8.33. The Balaban J connectivity index is 2.01. The van der Waals surface area contributed by atoms with Gasteiger partial charge in [-0.25, -0.2) is 4.98 Å². The number of nitrogens with zero attached hydrogens (tertiary/aromatic N) is 1. The van der Waals surface area contributed by atoms with E-state index in [0.717, 1.165) is 11.3 Å². The van der Waals surface area contributed by atoms with Crippen LogP contribution < -0.4 is 15.8 Å². The maximum Gasteiger partial charge on any atom is 0.225 e. The van der Waals surface area contributed by atoms with Crippen molar-refractivity contribution >= 4 is 11.6 Å². The van der Waals surface area contributed by atoms with Gasteiger partial charge in [0, 0.05) is 19.0 Å². The van der Waals surface area contributed by atoms with Crippen LogP contribution in [0.15, 0.2) is 36.5 Å². The molecule has 2 aromatic rings. The van der Waals surface area contributed by atoms with Crippen LogP contribution in [0.5, 0.6) is 11.6 Å². The Labute approximate surface area is 124 Å². The second-order valence-corrected chi connectivity index (χ2v) is 4.82. The van der Waals surface area contributed by atoms with Crippen molar-refractivity contribution in [2.24, 2.45) is 5.73 Å². The number of anilines is 1. The molecule has 0 aliphatic heterocycles. The lowest BCUT2D eigenvalue weighted by molar-refractivity contribution is -0.116. The molecule has 0 aliphatic rings. The Morgan fingerprint density at radius 2 is 2.05 bits per heavy atom. The maximum atomic E-state index is 11.4. The number of pyridine rings is 1. The first-order chi connectivity index (χ1) is 10.1. The fourth-order valence-electron chi connectivity index (χ4n) is 1.77. The quantitative estimate of drug-likeness (QED) is 0.885. The first-order valence-corrected chi connectivity index (χ1v) is 6.79. The van der Waals surface area contributed by atoms with E-state index in [0.29, 0.717) is 24.5 Å². The molecule has 1 aromatic heterocycles. The lowest BCUT2D eigenvalue weighted by atomic mass is 10.1. The summed E-state index contributed by atoms with van der Waals surface area (Å²) in [5, 5.41) is 2.71. The average Bonchev–Trinajstić information content (AvgIpc) is 2.45. The third-order valence-electron chi connectivity index (χ3n) is 3.09. The number of aryl methyl sites for hydroxylation is 2. The van der Waals surface area contributed by atoms with Gasteiger partial charge in [0.15, 0.2) is 0 Å². The summed E-state index contributed by atoms with van der Waals surface area (Å²) < 4.78 is 5.68. The fourth-order valence-corrected chi connectivity index (χ4v) is 1.77. The highest BCUT2D eigenvalue weighted by atomic mass is 16.5.